The van der Waals surface area contributed by atoms with Crippen molar-refractivity contribution in [3.8, 4) is 5.75 Å². The van der Waals surface area contributed by atoms with Crippen LogP contribution in [0.5, 0.6) is 5.75 Å². The number of alkyl halides is 3. The Kier molecular flexibility index (Phi) is 6.26. The predicted octanol–water partition coefficient (Wildman–Crippen LogP) is 0.626. The number of aliphatic hydroxyl groups is 2. The summed E-state index contributed by atoms with van der Waals surface area (Å²) in [6.45, 7) is 0.196. The van der Waals surface area contributed by atoms with Crippen molar-refractivity contribution in [1.82, 2.24) is 10.2 Å². The third-order valence-corrected chi connectivity index (χ3v) is 3.89. The average molecular weight is 362 g/mol. The summed E-state index contributed by atoms with van der Waals surface area (Å²) in [6, 6.07) is 3.66. The minimum absolute atomic E-state index is 0.00768. The highest BCUT2D eigenvalue weighted by atomic mass is 19.4. The summed E-state index contributed by atoms with van der Waals surface area (Å²) >= 11 is 0. The molecule has 1 saturated heterocycles. The highest BCUT2D eigenvalue weighted by molar-refractivity contribution is 5.82. The summed E-state index contributed by atoms with van der Waals surface area (Å²) in [5.41, 5.74) is -0.781. The van der Waals surface area contributed by atoms with Crippen molar-refractivity contribution >= 4 is 5.91 Å². The Morgan fingerprint density at radius 3 is 2.56 bits per heavy atom. The molecule has 0 radical (unpaired) electrons. The van der Waals surface area contributed by atoms with E-state index in [0.29, 0.717) is 13.0 Å². The Labute approximate surface area is 143 Å². The maximum atomic E-state index is 12.5. The van der Waals surface area contributed by atoms with Gasteiger partial charge in [-0.05, 0) is 30.7 Å². The molecule has 1 aromatic rings. The second kappa shape index (κ2) is 8.03. The van der Waals surface area contributed by atoms with Crippen molar-refractivity contribution in [3.05, 3.63) is 29.8 Å². The summed E-state index contributed by atoms with van der Waals surface area (Å²) in [5, 5.41) is 22.2. The summed E-state index contributed by atoms with van der Waals surface area (Å²) < 4.78 is 42.6. The fourth-order valence-electron chi connectivity index (χ4n) is 2.56. The summed E-state index contributed by atoms with van der Waals surface area (Å²) in [4.78, 5) is 13.5. The van der Waals surface area contributed by atoms with Crippen molar-refractivity contribution in [2.75, 3.05) is 26.7 Å². The summed E-state index contributed by atoms with van der Waals surface area (Å²) in [7, 11) is 1.52. The number of hydrogen-bond acceptors (Lipinski definition) is 5. The molecule has 140 valence electrons. The molecule has 1 aromatic carbocycles. The number of β-amino-alcohol motifs (C(OH)–C–C–N with tert-alkyl or cyclic N) is 1. The van der Waals surface area contributed by atoms with Gasteiger partial charge in [-0.3, -0.25) is 4.79 Å². The molecule has 1 fully saturated rings. The number of carbonyl (C=O) groups excluding carboxylic acids is 1. The van der Waals surface area contributed by atoms with E-state index in [9.17, 15) is 28.2 Å². The van der Waals surface area contributed by atoms with Gasteiger partial charge in [0.2, 0.25) is 5.91 Å². The smallest absolute Gasteiger partial charge is 0.416 e. The normalized spacial score (nSPS) is 21.8. The van der Waals surface area contributed by atoms with Crippen LogP contribution in [0.3, 0.4) is 0 Å². The number of carbonyl (C=O) groups is 1. The van der Waals surface area contributed by atoms with E-state index >= 15 is 0 Å². The zero-order chi connectivity index (χ0) is 18.6. The lowest BCUT2D eigenvalue weighted by Gasteiger charge is -2.24. The zero-order valence-electron chi connectivity index (χ0n) is 13.7. The molecule has 0 aromatic heterocycles. The Bertz CT molecular complexity index is 580. The maximum absolute atomic E-state index is 12.5. The summed E-state index contributed by atoms with van der Waals surface area (Å²) in [5.74, 6) is -0.0493. The van der Waals surface area contributed by atoms with E-state index in [1.807, 2.05) is 0 Å². The molecular formula is C16H21F3N2O4. The number of benzene rings is 1. The number of aliphatic hydroxyl groups excluding tert-OH is 2. The summed E-state index contributed by atoms with van der Waals surface area (Å²) in [6.07, 6.45) is -5.65. The molecular weight excluding hydrogens is 341 g/mol. The predicted molar refractivity (Wildman–Crippen MR) is 83.0 cm³/mol. The topological polar surface area (TPSA) is 82.0 Å². The number of hydrogen-bond donors (Lipinski definition) is 3. The molecule has 0 aliphatic carbocycles. The fourth-order valence-corrected chi connectivity index (χ4v) is 2.56. The number of amides is 1. The van der Waals surface area contributed by atoms with Gasteiger partial charge in [-0.1, -0.05) is 0 Å². The lowest BCUT2D eigenvalue weighted by atomic mass is 10.2. The minimum Gasteiger partial charge on any atom is -0.491 e. The number of nitrogens with one attached hydrogen (secondary N) is 1. The Morgan fingerprint density at radius 2 is 2.04 bits per heavy atom. The second-order valence-corrected chi connectivity index (χ2v) is 6.06. The van der Waals surface area contributed by atoms with Gasteiger partial charge >= 0.3 is 6.18 Å². The molecule has 0 bridgehead atoms. The first kappa shape index (κ1) is 19.5. The van der Waals surface area contributed by atoms with Gasteiger partial charge < -0.3 is 25.2 Å². The number of rotatable bonds is 6. The van der Waals surface area contributed by atoms with E-state index in [-0.39, 0.29) is 24.8 Å². The Balaban J connectivity index is 1.78. The van der Waals surface area contributed by atoms with Crippen LogP contribution in [-0.2, 0) is 11.0 Å². The first-order chi connectivity index (χ1) is 11.7. The van der Waals surface area contributed by atoms with Gasteiger partial charge in [-0.25, -0.2) is 0 Å². The van der Waals surface area contributed by atoms with E-state index < -0.39 is 30.0 Å². The fraction of sp³-hybridized carbons (Fsp3) is 0.562. The van der Waals surface area contributed by atoms with Crippen molar-refractivity contribution in [3.63, 3.8) is 0 Å². The average Bonchev–Trinajstić information content (AvgIpc) is 2.98. The standard InChI is InChI=1S/C16H21F3N2O4/c1-21(15(24)14-6-11(22)7-20-14)8-12(23)9-25-13-4-2-10(3-5-13)16(17,18)19/h2-5,11-12,14,20,22-23H,6-9H2,1H3/t11-,12+,14-/m1/s1. The molecule has 1 heterocycles. The van der Waals surface area contributed by atoms with Crippen molar-refractivity contribution < 1.29 is 32.9 Å². The third kappa shape index (κ3) is 5.58. The molecule has 1 aliphatic heterocycles. The van der Waals surface area contributed by atoms with Gasteiger partial charge in [0.1, 0.15) is 18.5 Å². The largest absolute Gasteiger partial charge is 0.491 e. The van der Waals surface area contributed by atoms with Gasteiger partial charge in [0, 0.05) is 20.1 Å². The number of halogens is 3. The Morgan fingerprint density at radius 1 is 1.40 bits per heavy atom. The lowest BCUT2D eigenvalue weighted by molar-refractivity contribution is -0.137. The molecule has 9 heteroatoms. The number of likely N-dealkylation sites (N-methyl/N-ethyl adjacent to an activating group) is 1. The van der Waals surface area contributed by atoms with E-state index in [2.05, 4.69) is 5.32 Å². The number of nitrogens with zero attached hydrogens (tertiary/aromatic N) is 1. The molecule has 25 heavy (non-hydrogen) atoms. The van der Waals surface area contributed by atoms with Crippen molar-refractivity contribution in [2.24, 2.45) is 0 Å². The van der Waals surface area contributed by atoms with Crippen LogP contribution in [-0.4, -0.2) is 66.0 Å². The van der Waals surface area contributed by atoms with Crippen LogP contribution < -0.4 is 10.1 Å². The van der Waals surface area contributed by atoms with E-state index in [1.54, 1.807) is 0 Å². The van der Waals surface area contributed by atoms with Crippen LogP contribution in [0.25, 0.3) is 0 Å². The molecule has 1 amide bonds. The third-order valence-electron chi connectivity index (χ3n) is 3.89. The molecule has 0 spiro atoms. The van der Waals surface area contributed by atoms with Gasteiger partial charge in [0.15, 0.2) is 0 Å². The van der Waals surface area contributed by atoms with Crippen LogP contribution in [0.4, 0.5) is 13.2 Å². The first-order valence-corrected chi connectivity index (χ1v) is 7.81. The second-order valence-electron chi connectivity index (χ2n) is 6.06. The monoisotopic (exact) mass is 362 g/mol. The van der Waals surface area contributed by atoms with Crippen LogP contribution in [0.1, 0.15) is 12.0 Å². The van der Waals surface area contributed by atoms with Crippen molar-refractivity contribution in [2.45, 2.75) is 30.8 Å². The molecule has 0 unspecified atom stereocenters. The zero-order valence-corrected chi connectivity index (χ0v) is 13.7. The minimum atomic E-state index is -4.41. The highest BCUT2D eigenvalue weighted by Crippen LogP contribution is 2.30. The van der Waals surface area contributed by atoms with Crippen molar-refractivity contribution in [1.29, 1.82) is 0 Å². The maximum Gasteiger partial charge on any atom is 0.416 e. The van der Waals surface area contributed by atoms with Crippen LogP contribution >= 0.6 is 0 Å². The van der Waals surface area contributed by atoms with Crippen LogP contribution in [0, 0.1) is 0 Å². The molecule has 1 aliphatic rings. The van der Waals surface area contributed by atoms with Gasteiger partial charge in [0.05, 0.1) is 17.7 Å². The highest BCUT2D eigenvalue weighted by Gasteiger charge is 2.31. The quantitative estimate of drug-likeness (QED) is 0.692. The molecule has 3 atom stereocenters. The van der Waals surface area contributed by atoms with Crippen LogP contribution in [0.15, 0.2) is 24.3 Å². The Hall–Kier alpha value is -1.84. The first-order valence-electron chi connectivity index (χ1n) is 7.81. The van der Waals surface area contributed by atoms with Gasteiger partial charge in [-0.15, -0.1) is 0 Å². The van der Waals surface area contributed by atoms with Gasteiger partial charge in [-0.2, -0.15) is 13.2 Å². The van der Waals surface area contributed by atoms with E-state index in [0.717, 1.165) is 12.1 Å². The van der Waals surface area contributed by atoms with Crippen LogP contribution in [0.2, 0.25) is 0 Å². The molecule has 0 saturated carbocycles. The van der Waals surface area contributed by atoms with E-state index in [4.69, 9.17) is 4.74 Å². The lowest BCUT2D eigenvalue weighted by Crippen LogP contribution is -2.45. The molecule has 2 rings (SSSR count). The van der Waals surface area contributed by atoms with Gasteiger partial charge in [0.25, 0.3) is 0 Å². The number of ether oxygens (including phenoxy) is 1. The SMILES string of the molecule is CN(C[C@H](O)COc1ccc(C(F)(F)F)cc1)C(=O)[C@H]1C[C@@H](O)CN1. The van der Waals surface area contributed by atoms with E-state index in [1.165, 1.54) is 24.1 Å². The molecule has 6 nitrogen and oxygen atoms in total. The molecule has 3 N–H and O–H groups in total.